The Balaban J connectivity index is 2.24. The van der Waals surface area contributed by atoms with Crippen molar-refractivity contribution in [3.8, 4) is 0 Å². The predicted octanol–water partition coefficient (Wildman–Crippen LogP) is 2.59. The standard InChI is InChI=1S/C14H13F2N3O/c1-9(10-4-3-5-17-7-10)19(2)14(20)13-12(16)6-11(15)8-18-13/h3-9H,1-2H3/t9-/m0/s1. The lowest BCUT2D eigenvalue weighted by Gasteiger charge is -2.24. The molecule has 6 heteroatoms. The molecular formula is C14H13F2N3O. The second kappa shape index (κ2) is 5.73. The van der Waals surface area contributed by atoms with E-state index in [4.69, 9.17) is 0 Å². The average Bonchev–Trinajstić information content (AvgIpc) is 2.46. The molecule has 104 valence electrons. The summed E-state index contributed by atoms with van der Waals surface area (Å²) in [5, 5.41) is 0. The Morgan fingerprint density at radius 2 is 2.10 bits per heavy atom. The predicted molar refractivity (Wildman–Crippen MR) is 68.9 cm³/mol. The minimum atomic E-state index is -0.972. The SMILES string of the molecule is C[C@@H](c1cccnc1)N(C)C(=O)c1ncc(F)cc1F. The number of carbonyl (C=O) groups excluding carboxylic acids is 1. The first-order chi connectivity index (χ1) is 9.50. The maximum Gasteiger partial charge on any atom is 0.275 e. The monoisotopic (exact) mass is 277 g/mol. The van der Waals surface area contributed by atoms with Crippen LogP contribution in [-0.4, -0.2) is 27.8 Å². The van der Waals surface area contributed by atoms with E-state index >= 15 is 0 Å². The Kier molecular flexibility index (Phi) is 4.02. The van der Waals surface area contributed by atoms with E-state index in [1.54, 1.807) is 25.4 Å². The molecule has 2 heterocycles. The second-order valence-electron chi connectivity index (χ2n) is 4.36. The minimum absolute atomic E-state index is 0.303. The van der Waals surface area contributed by atoms with Gasteiger partial charge in [0, 0.05) is 25.5 Å². The number of pyridine rings is 2. The molecular weight excluding hydrogens is 264 g/mol. The van der Waals surface area contributed by atoms with Crippen LogP contribution in [0.25, 0.3) is 0 Å². The highest BCUT2D eigenvalue weighted by Gasteiger charge is 2.23. The second-order valence-corrected chi connectivity index (χ2v) is 4.36. The molecule has 2 rings (SSSR count). The lowest BCUT2D eigenvalue weighted by Crippen LogP contribution is -2.31. The van der Waals surface area contributed by atoms with Crippen molar-refractivity contribution in [2.75, 3.05) is 7.05 Å². The zero-order chi connectivity index (χ0) is 14.7. The summed E-state index contributed by atoms with van der Waals surface area (Å²) in [7, 11) is 1.53. The van der Waals surface area contributed by atoms with Crippen LogP contribution in [0.5, 0.6) is 0 Å². The molecule has 2 aromatic heterocycles. The highest BCUT2D eigenvalue weighted by atomic mass is 19.1. The van der Waals surface area contributed by atoms with Gasteiger partial charge in [0.15, 0.2) is 11.5 Å². The van der Waals surface area contributed by atoms with E-state index in [0.717, 1.165) is 11.8 Å². The molecule has 0 fully saturated rings. The first-order valence-electron chi connectivity index (χ1n) is 5.99. The molecule has 20 heavy (non-hydrogen) atoms. The largest absolute Gasteiger partial charge is 0.333 e. The zero-order valence-electron chi connectivity index (χ0n) is 11.0. The Labute approximate surface area is 115 Å². The van der Waals surface area contributed by atoms with Crippen LogP contribution >= 0.6 is 0 Å². The van der Waals surface area contributed by atoms with Crippen molar-refractivity contribution in [3.05, 3.63) is 59.7 Å². The first kappa shape index (κ1) is 14.0. The summed E-state index contributed by atoms with van der Waals surface area (Å²) in [6, 6.07) is 3.90. The van der Waals surface area contributed by atoms with Gasteiger partial charge < -0.3 is 4.90 Å². The number of nitrogens with zero attached hydrogens (tertiary/aromatic N) is 3. The highest BCUT2D eigenvalue weighted by molar-refractivity contribution is 5.92. The van der Waals surface area contributed by atoms with E-state index in [-0.39, 0.29) is 6.04 Å². The van der Waals surface area contributed by atoms with E-state index < -0.39 is 23.2 Å². The van der Waals surface area contributed by atoms with Crippen molar-refractivity contribution in [2.45, 2.75) is 13.0 Å². The summed E-state index contributed by atoms with van der Waals surface area (Å²) in [6.07, 6.45) is 4.07. The minimum Gasteiger partial charge on any atom is -0.333 e. The molecule has 4 nitrogen and oxygen atoms in total. The maximum absolute atomic E-state index is 13.6. The van der Waals surface area contributed by atoms with Crippen LogP contribution in [-0.2, 0) is 0 Å². The van der Waals surface area contributed by atoms with E-state index in [1.807, 2.05) is 6.07 Å². The Morgan fingerprint density at radius 1 is 1.35 bits per heavy atom. The summed E-state index contributed by atoms with van der Waals surface area (Å²) in [4.78, 5) is 21.0. The van der Waals surface area contributed by atoms with Crippen molar-refractivity contribution >= 4 is 5.91 Å². The third-order valence-electron chi connectivity index (χ3n) is 3.08. The van der Waals surface area contributed by atoms with E-state index in [2.05, 4.69) is 9.97 Å². The van der Waals surface area contributed by atoms with Crippen LogP contribution in [0.15, 0.2) is 36.8 Å². The number of amides is 1. The molecule has 1 atom stereocenters. The van der Waals surface area contributed by atoms with Crippen molar-refractivity contribution in [1.29, 1.82) is 0 Å². The van der Waals surface area contributed by atoms with Gasteiger partial charge in [0.2, 0.25) is 0 Å². The third-order valence-corrected chi connectivity index (χ3v) is 3.08. The molecule has 0 aliphatic heterocycles. The fraction of sp³-hybridized carbons (Fsp3) is 0.214. The molecule has 0 bridgehead atoms. The third kappa shape index (κ3) is 2.79. The number of hydrogen-bond donors (Lipinski definition) is 0. The van der Waals surface area contributed by atoms with Crippen molar-refractivity contribution < 1.29 is 13.6 Å². The van der Waals surface area contributed by atoms with Gasteiger partial charge in [-0.1, -0.05) is 6.07 Å². The maximum atomic E-state index is 13.6. The molecule has 0 saturated carbocycles. The molecule has 0 aliphatic rings. The zero-order valence-corrected chi connectivity index (χ0v) is 11.0. The molecule has 1 amide bonds. The van der Waals surface area contributed by atoms with Crippen LogP contribution in [0.1, 0.15) is 29.0 Å². The molecule has 0 radical (unpaired) electrons. The number of carbonyl (C=O) groups is 1. The fourth-order valence-electron chi connectivity index (χ4n) is 1.76. The van der Waals surface area contributed by atoms with Gasteiger partial charge in [-0.2, -0.15) is 0 Å². The lowest BCUT2D eigenvalue weighted by atomic mass is 10.1. The Morgan fingerprint density at radius 3 is 2.70 bits per heavy atom. The van der Waals surface area contributed by atoms with Gasteiger partial charge in [-0.05, 0) is 18.6 Å². The smallest absolute Gasteiger partial charge is 0.275 e. The molecule has 0 aromatic carbocycles. The summed E-state index contributed by atoms with van der Waals surface area (Å²) in [5.74, 6) is -2.40. The van der Waals surface area contributed by atoms with Gasteiger partial charge in [0.25, 0.3) is 5.91 Å². The van der Waals surface area contributed by atoms with Gasteiger partial charge in [0.05, 0.1) is 12.2 Å². The highest BCUT2D eigenvalue weighted by Crippen LogP contribution is 2.20. The van der Waals surface area contributed by atoms with Crippen LogP contribution in [0.3, 0.4) is 0 Å². The number of hydrogen-bond acceptors (Lipinski definition) is 3. The van der Waals surface area contributed by atoms with Gasteiger partial charge in [-0.15, -0.1) is 0 Å². The van der Waals surface area contributed by atoms with Crippen molar-refractivity contribution in [1.82, 2.24) is 14.9 Å². The molecule has 0 saturated heterocycles. The fourth-order valence-corrected chi connectivity index (χ4v) is 1.76. The number of halogens is 2. The normalized spacial score (nSPS) is 12.0. The van der Waals surface area contributed by atoms with Gasteiger partial charge >= 0.3 is 0 Å². The molecule has 2 aromatic rings. The van der Waals surface area contributed by atoms with Crippen LogP contribution in [0.2, 0.25) is 0 Å². The molecule has 0 N–H and O–H groups in total. The lowest BCUT2D eigenvalue weighted by molar-refractivity contribution is 0.0731. The quantitative estimate of drug-likeness (QED) is 0.866. The molecule has 0 spiro atoms. The summed E-state index contributed by atoms with van der Waals surface area (Å²) < 4.78 is 26.4. The van der Waals surface area contributed by atoms with E-state index in [0.29, 0.717) is 6.07 Å². The molecule has 0 aliphatic carbocycles. The summed E-state index contributed by atoms with van der Waals surface area (Å²) >= 11 is 0. The Bertz CT molecular complexity index is 619. The van der Waals surface area contributed by atoms with E-state index in [9.17, 15) is 13.6 Å². The van der Waals surface area contributed by atoms with Crippen LogP contribution in [0, 0.1) is 11.6 Å². The van der Waals surface area contributed by atoms with E-state index in [1.165, 1.54) is 11.9 Å². The average molecular weight is 277 g/mol. The summed E-state index contributed by atoms with van der Waals surface area (Å²) in [6.45, 7) is 1.79. The Hall–Kier alpha value is -2.37. The first-order valence-corrected chi connectivity index (χ1v) is 5.99. The van der Waals surface area contributed by atoms with Gasteiger partial charge in [0.1, 0.15) is 5.82 Å². The molecule has 0 unspecified atom stereocenters. The van der Waals surface area contributed by atoms with Gasteiger partial charge in [-0.25, -0.2) is 13.8 Å². The number of aromatic nitrogens is 2. The van der Waals surface area contributed by atoms with Crippen molar-refractivity contribution in [3.63, 3.8) is 0 Å². The topological polar surface area (TPSA) is 46.1 Å². The van der Waals surface area contributed by atoms with Crippen molar-refractivity contribution in [2.24, 2.45) is 0 Å². The van der Waals surface area contributed by atoms with Gasteiger partial charge in [-0.3, -0.25) is 9.78 Å². The summed E-state index contributed by atoms with van der Waals surface area (Å²) in [5.41, 5.74) is 0.413. The number of rotatable bonds is 3. The van der Waals surface area contributed by atoms with Crippen LogP contribution in [0.4, 0.5) is 8.78 Å². The van der Waals surface area contributed by atoms with Crippen LogP contribution < -0.4 is 0 Å².